The summed E-state index contributed by atoms with van der Waals surface area (Å²) in [5.41, 5.74) is 17.1. The van der Waals surface area contributed by atoms with Crippen molar-refractivity contribution in [2.75, 3.05) is 18.0 Å². The van der Waals surface area contributed by atoms with Crippen molar-refractivity contribution < 1.29 is 24.1 Å². The number of para-hydroxylation sites is 3. The Morgan fingerprint density at radius 2 is 1.23 bits per heavy atom. The zero-order valence-electron chi connectivity index (χ0n) is 36.0. The minimum absolute atomic E-state index is 0.0230. The Bertz CT molecular complexity index is 3520. The summed E-state index contributed by atoms with van der Waals surface area (Å²) in [5.74, 6) is 2.08. The molecule has 12 rings (SSSR count). The van der Waals surface area contributed by atoms with Crippen LogP contribution >= 0.6 is 0 Å². The molecule has 0 saturated carbocycles. The summed E-state index contributed by atoms with van der Waals surface area (Å²) in [5, 5.41) is 2.25. The topological polar surface area (TPSA) is 40.1 Å². The van der Waals surface area contributed by atoms with E-state index in [1.807, 2.05) is 18.3 Å². The van der Waals surface area contributed by atoms with E-state index < -0.39 is 0 Å². The normalized spacial score (nSPS) is 13.6. The number of fused-ring (bicyclic) bond motifs is 4. The summed E-state index contributed by atoms with van der Waals surface area (Å²) in [6.07, 6.45) is 5.14. The Balaban J connectivity index is 1.03. The van der Waals surface area contributed by atoms with Crippen molar-refractivity contribution in [1.82, 2.24) is 18.7 Å². The fraction of sp³-hybridized carbons (Fsp3) is 0.158. The van der Waals surface area contributed by atoms with E-state index in [9.17, 15) is 0 Å². The van der Waals surface area contributed by atoms with Crippen LogP contribution in [0.3, 0.4) is 0 Å². The zero-order valence-corrected chi connectivity index (χ0v) is 38.3. The van der Waals surface area contributed by atoms with Crippen LogP contribution in [0.1, 0.15) is 43.9 Å². The van der Waals surface area contributed by atoms with E-state index in [1.165, 1.54) is 50.3 Å². The van der Waals surface area contributed by atoms with Crippen LogP contribution < -0.4 is 9.64 Å². The third kappa shape index (κ3) is 6.25. The van der Waals surface area contributed by atoms with Crippen LogP contribution in [0.25, 0.3) is 72.3 Å². The van der Waals surface area contributed by atoms with Crippen LogP contribution in [0.2, 0.25) is 0 Å². The van der Waals surface area contributed by atoms with Crippen molar-refractivity contribution in [2.24, 2.45) is 0 Å². The first-order valence-corrected chi connectivity index (χ1v) is 23.3. The molecule has 7 aromatic carbocycles. The molecule has 0 saturated heterocycles. The monoisotopic (exact) mass is 1010 g/mol. The molecule has 6 nitrogen and oxygen atoms in total. The van der Waals surface area contributed by atoms with E-state index in [1.54, 1.807) is 0 Å². The van der Waals surface area contributed by atoms with Gasteiger partial charge in [0.15, 0.2) is 0 Å². The fourth-order valence-corrected chi connectivity index (χ4v) is 11.3. The molecule has 2 aliphatic heterocycles. The molecule has 0 N–H and O–H groups in total. The molecule has 64 heavy (non-hydrogen) atoms. The van der Waals surface area contributed by atoms with Gasteiger partial charge in [-0.15, -0.1) is 0 Å². The summed E-state index contributed by atoms with van der Waals surface area (Å²) in [6, 6.07) is 61.4. The van der Waals surface area contributed by atoms with Crippen LogP contribution in [-0.4, -0.2) is 31.8 Å². The van der Waals surface area contributed by atoms with Crippen molar-refractivity contribution in [3.05, 3.63) is 190 Å². The van der Waals surface area contributed by atoms with Gasteiger partial charge in [0.1, 0.15) is 0 Å². The third-order valence-corrected chi connectivity index (χ3v) is 14.1. The second kappa shape index (κ2) is 15.2. The zero-order chi connectivity index (χ0) is 43.1. The summed E-state index contributed by atoms with van der Waals surface area (Å²) in [7, 11) is 0. The van der Waals surface area contributed by atoms with Gasteiger partial charge in [-0.3, -0.25) is 0 Å². The standard InChI is InChI=1S/C57H45N5O.Pt/c1-57(2,3)40-29-31-58-52(34-40)62-48-24-11-10-22-44(48)45-28-27-43(36-51(45)62)63-42-21-14-20-41(35-42)60-37-61(50-26-13-12-25-49(50)60)56-53(38-16-6-4-7-17-38)46-23-15-32-59-33-30-47(55(46)59)54(56)39-18-8-5-9-19-39;/h4-14,16-22,24-29,31,34H,15,23,30,32-33H2,1-3H3;/q-2;. The van der Waals surface area contributed by atoms with Gasteiger partial charge in [-0.1, -0.05) is 32.9 Å². The average molecular weight is 1010 g/mol. The van der Waals surface area contributed by atoms with Gasteiger partial charge < -0.3 is 0 Å². The van der Waals surface area contributed by atoms with E-state index in [0.29, 0.717) is 11.5 Å². The Hall–Kier alpha value is -6.75. The first-order valence-electron chi connectivity index (χ1n) is 22.2. The summed E-state index contributed by atoms with van der Waals surface area (Å²) in [4.78, 5) is 7.52. The van der Waals surface area contributed by atoms with Gasteiger partial charge >= 0.3 is 330 Å². The van der Waals surface area contributed by atoms with Gasteiger partial charge in [0.2, 0.25) is 0 Å². The van der Waals surface area contributed by atoms with Crippen LogP contribution in [0.4, 0.5) is 5.69 Å². The molecule has 7 heteroatoms. The minimum atomic E-state index is -0.0230. The van der Waals surface area contributed by atoms with Crippen LogP contribution in [0.5, 0.6) is 11.5 Å². The molecular formula is C57H45N5OPt-2. The molecule has 0 radical (unpaired) electrons. The molecule has 316 valence electrons. The number of anilines is 1. The first-order chi connectivity index (χ1) is 31.3. The molecule has 0 unspecified atom stereocenters. The van der Waals surface area contributed by atoms with E-state index in [2.05, 4.69) is 210 Å². The summed E-state index contributed by atoms with van der Waals surface area (Å²) < 4.78 is 14.8. The Morgan fingerprint density at radius 3 is 1.97 bits per heavy atom. The molecule has 0 atom stereocenters. The molecule has 5 heterocycles. The fourth-order valence-electron chi connectivity index (χ4n) is 10.3. The number of hydrogen-bond acceptors (Lipinski definition) is 3. The van der Waals surface area contributed by atoms with E-state index in [-0.39, 0.29) is 5.41 Å². The van der Waals surface area contributed by atoms with Gasteiger partial charge in [-0.05, 0) is 17.0 Å². The molecule has 0 bridgehead atoms. The van der Waals surface area contributed by atoms with Gasteiger partial charge in [0.05, 0.1) is 0 Å². The number of hydrogen-bond donors (Lipinski definition) is 0. The SMILES string of the molecule is CC(C)(C)c1ccnc(-n2c3[c-]c(Oc4[c-]c(-n5[c](=[Pt])n(-c6c(-c7ccccc7)c7c8c(c6-c6ccccc6)CCN8CCC7)c6ccccc65)ccc4)ccc3c3ccccc32)c1. The van der Waals surface area contributed by atoms with Gasteiger partial charge in [0, 0.05) is 6.20 Å². The summed E-state index contributed by atoms with van der Waals surface area (Å²) >= 11 is 2.55. The second-order valence-electron chi connectivity index (χ2n) is 18.0. The van der Waals surface area contributed by atoms with Crippen LogP contribution in [-0.2, 0) is 37.6 Å². The second-order valence-corrected chi connectivity index (χ2v) is 19.0. The van der Waals surface area contributed by atoms with E-state index >= 15 is 0 Å². The van der Waals surface area contributed by atoms with Crippen LogP contribution in [0, 0.1) is 15.9 Å². The third-order valence-electron chi connectivity index (χ3n) is 13.1. The van der Waals surface area contributed by atoms with Gasteiger partial charge in [-0.25, -0.2) is 0 Å². The van der Waals surface area contributed by atoms with E-state index in [0.717, 1.165) is 80.5 Å². The predicted molar refractivity (Wildman–Crippen MR) is 256 cm³/mol. The van der Waals surface area contributed by atoms with E-state index in [4.69, 9.17) is 9.72 Å². The molecular weight excluding hydrogens is 966 g/mol. The Labute approximate surface area is 384 Å². The number of ether oxygens (including phenoxy) is 1. The van der Waals surface area contributed by atoms with Crippen molar-refractivity contribution in [3.63, 3.8) is 0 Å². The molecule has 0 fully saturated rings. The maximum atomic E-state index is 6.74. The van der Waals surface area contributed by atoms with Gasteiger partial charge in [0.25, 0.3) is 0 Å². The number of imidazole rings is 1. The quantitative estimate of drug-likeness (QED) is 0.149. The Kier molecular flexibility index (Phi) is 9.24. The van der Waals surface area contributed by atoms with Crippen LogP contribution in [0.15, 0.2) is 158 Å². The molecule has 2 aliphatic rings. The van der Waals surface area contributed by atoms with Crippen molar-refractivity contribution in [2.45, 2.75) is 45.4 Å². The van der Waals surface area contributed by atoms with Crippen molar-refractivity contribution in [3.8, 4) is 50.9 Å². The number of rotatable bonds is 7. The molecule has 10 aromatic rings. The van der Waals surface area contributed by atoms with Crippen molar-refractivity contribution in [1.29, 1.82) is 0 Å². The number of pyridine rings is 1. The number of benzene rings is 7. The first kappa shape index (κ1) is 38.9. The summed E-state index contributed by atoms with van der Waals surface area (Å²) in [6.45, 7) is 8.87. The average Bonchev–Trinajstić information content (AvgIpc) is 3.99. The maximum absolute atomic E-state index is 6.74. The molecule has 0 spiro atoms. The molecule has 3 aromatic heterocycles. The number of aromatic nitrogens is 4. The van der Waals surface area contributed by atoms with Gasteiger partial charge in [-0.2, -0.15) is 0 Å². The molecule has 0 aliphatic carbocycles. The van der Waals surface area contributed by atoms with Crippen molar-refractivity contribution >= 4 is 38.5 Å². The number of nitrogens with zero attached hydrogens (tertiary/aromatic N) is 5. The Morgan fingerprint density at radius 1 is 0.578 bits per heavy atom. The molecule has 0 amide bonds. The predicted octanol–water partition coefficient (Wildman–Crippen LogP) is 13.3.